The van der Waals surface area contributed by atoms with E-state index in [4.69, 9.17) is 11.6 Å². The van der Waals surface area contributed by atoms with Crippen LogP contribution in [0.3, 0.4) is 0 Å². The van der Waals surface area contributed by atoms with E-state index in [1.54, 1.807) is 0 Å². The molecule has 1 fully saturated rings. The fourth-order valence-corrected chi connectivity index (χ4v) is 4.24. The first-order valence-corrected chi connectivity index (χ1v) is 8.76. The summed E-state index contributed by atoms with van der Waals surface area (Å²) in [5.41, 5.74) is 2.51. The molecule has 1 aromatic rings. The Morgan fingerprint density at radius 2 is 2.26 bits per heavy atom. The number of benzene rings is 1. The molecule has 2 atom stereocenters. The number of aryl methyl sites for hydroxylation is 1. The molecule has 1 aliphatic heterocycles. The van der Waals surface area contributed by atoms with Gasteiger partial charge in [0, 0.05) is 16.3 Å². The number of thioether (sulfide) groups is 1. The largest absolute Gasteiger partial charge is 0.309 e. The maximum absolute atomic E-state index is 6.30. The molecular weight excluding hydrogens is 274 g/mol. The average molecular weight is 298 g/mol. The maximum Gasteiger partial charge on any atom is 0.0441 e. The SMILES string of the molecule is CCCNC(c1ccc(C)c(Cl)c1)C1CCCCS1. The predicted molar refractivity (Wildman–Crippen MR) is 87.3 cm³/mol. The minimum Gasteiger partial charge on any atom is -0.309 e. The van der Waals surface area contributed by atoms with Crippen molar-refractivity contribution in [3.05, 3.63) is 34.3 Å². The molecule has 19 heavy (non-hydrogen) atoms. The molecule has 0 spiro atoms. The molecule has 106 valence electrons. The zero-order valence-corrected chi connectivity index (χ0v) is 13.5. The van der Waals surface area contributed by atoms with Gasteiger partial charge in [0.25, 0.3) is 0 Å². The molecule has 0 amide bonds. The first-order valence-electron chi connectivity index (χ1n) is 7.33. The molecule has 2 rings (SSSR count). The minimum atomic E-state index is 0.448. The van der Waals surface area contributed by atoms with E-state index in [0.717, 1.165) is 17.1 Å². The van der Waals surface area contributed by atoms with Gasteiger partial charge in [-0.1, -0.05) is 37.1 Å². The highest BCUT2D eigenvalue weighted by Gasteiger charge is 2.25. The van der Waals surface area contributed by atoms with Crippen LogP contribution >= 0.6 is 23.4 Å². The van der Waals surface area contributed by atoms with E-state index in [-0.39, 0.29) is 0 Å². The van der Waals surface area contributed by atoms with Crippen molar-refractivity contribution in [2.45, 2.75) is 50.8 Å². The molecule has 0 saturated carbocycles. The van der Waals surface area contributed by atoms with E-state index < -0.39 is 0 Å². The summed E-state index contributed by atoms with van der Waals surface area (Å²) in [6.07, 6.45) is 5.23. The third-order valence-corrected chi connectivity index (χ3v) is 5.62. The lowest BCUT2D eigenvalue weighted by molar-refractivity contribution is 0.479. The maximum atomic E-state index is 6.30. The van der Waals surface area contributed by atoms with E-state index in [2.05, 4.69) is 49.1 Å². The standard InChI is InChI=1S/C16H24ClNS/c1-3-9-18-16(15-6-4-5-10-19-15)13-8-7-12(2)14(17)11-13/h7-8,11,15-16,18H,3-6,9-10H2,1-2H3. The summed E-state index contributed by atoms with van der Waals surface area (Å²) < 4.78 is 0. The van der Waals surface area contributed by atoms with Crippen molar-refractivity contribution in [1.29, 1.82) is 0 Å². The highest BCUT2D eigenvalue weighted by molar-refractivity contribution is 8.00. The molecule has 1 heterocycles. The Bertz CT molecular complexity index is 402. The van der Waals surface area contributed by atoms with Gasteiger partial charge in [0.15, 0.2) is 0 Å². The van der Waals surface area contributed by atoms with Crippen molar-refractivity contribution in [3.8, 4) is 0 Å². The number of nitrogens with one attached hydrogen (secondary N) is 1. The topological polar surface area (TPSA) is 12.0 Å². The summed E-state index contributed by atoms with van der Waals surface area (Å²) >= 11 is 8.42. The van der Waals surface area contributed by atoms with Crippen molar-refractivity contribution in [1.82, 2.24) is 5.32 Å². The van der Waals surface area contributed by atoms with Gasteiger partial charge in [0.2, 0.25) is 0 Å². The number of hydrogen-bond acceptors (Lipinski definition) is 2. The van der Waals surface area contributed by atoms with Gasteiger partial charge in [0.1, 0.15) is 0 Å². The summed E-state index contributed by atoms with van der Waals surface area (Å²) in [6, 6.07) is 6.98. The van der Waals surface area contributed by atoms with Crippen LogP contribution in [0.2, 0.25) is 5.02 Å². The zero-order chi connectivity index (χ0) is 13.7. The van der Waals surface area contributed by atoms with E-state index in [9.17, 15) is 0 Å². The molecule has 3 heteroatoms. The molecule has 1 aromatic carbocycles. The lowest BCUT2D eigenvalue weighted by atomic mass is 9.98. The number of halogens is 1. The van der Waals surface area contributed by atoms with Crippen LogP contribution in [0.25, 0.3) is 0 Å². The molecule has 1 nitrogen and oxygen atoms in total. The van der Waals surface area contributed by atoms with Gasteiger partial charge >= 0.3 is 0 Å². The van der Waals surface area contributed by atoms with Crippen LogP contribution in [0.4, 0.5) is 0 Å². The quantitative estimate of drug-likeness (QED) is 0.823. The molecule has 0 aliphatic carbocycles. The fraction of sp³-hybridized carbons (Fsp3) is 0.625. The molecular formula is C16H24ClNS. The number of hydrogen-bond donors (Lipinski definition) is 1. The summed E-state index contributed by atoms with van der Waals surface area (Å²) in [7, 11) is 0. The van der Waals surface area contributed by atoms with Crippen LogP contribution in [0, 0.1) is 6.92 Å². The fourth-order valence-electron chi connectivity index (χ4n) is 2.59. The van der Waals surface area contributed by atoms with E-state index >= 15 is 0 Å². The van der Waals surface area contributed by atoms with Crippen LogP contribution in [0.15, 0.2) is 18.2 Å². The summed E-state index contributed by atoms with van der Waals surface area (Å²) in [6.45, 7) is 5.36. The van der Waals surface area contributed by atoms with Crippen molar-refractivity contribution < 1.29 is 0 Å². The van der Waals surface area contributed by atoms with Gasteiger partial charge in [-0.2, -0.15) is 11.8 Å². The third-order valence-electron chi connectivity index (χ3n) is 3.76. The van der Waals surface area contributed by atoms with Gasteiger partial charge in [-0.15, -0.1) is 0 Å². The van der Waals surface area contributed by atoms with Crippen molar-refractivity contribution in [2.24, 2.45) is 0 Å². The molecule has 1 saturated heterocycles. The van der Waals surface area contributed by atoms with Gasteiger partial charge in [-0.05, 0) is 55.7 Å². The van der Waals surface area contributed by atoms with Crippen molar-refractivity contribution in [2.75, 3.05) is 12.3 Å². The molecule has 1 aliphatic rings. The van der Waals surface area contributed by atoms with Crippen LogP contribution in [-0.4, -0.2) is 17.5 Å². The Labute approximate surface area is 126 Å². The Hall–Kier alpha value is -0.180. The molecule has 2 unspecified atom stereocenters. The van der Waals surface area contributed by atoms with Crippen LogP contribution in [0.1, 0.15) is 49.8 Å². The molecule has 0 radical (unpaired) electrons. The van der Waals surface area contributed by atoms with Crippen molar-refractivity contribution >= 4 is 23.4 Å². The van der Waals surface area contributed by atoms with Gasteiger partial charge in [-0.25, -0.2) is 0 Å². The Morgan fingerprint density at radius 3 is 2.89 bits per heavy atom. The van der Waals surface area contributed by atoms with Gasteiger partial charge < -0.3 is 5.32 Å². The first kappa shape index (κ1) is 15.2. The second-order valence-corrected chi connectivity index (χ2v) is 7.10. The summed E-state index contributed by atoms with van der Waals surface area (Å²) in [4.78, 5) is 0. The third kappa shape index (κ3) is 4.14. The summed E-state index contributed by atoms with van der Waals surface area (Å²) in [5, 5.41) is 5.31. The monoisotopic (exact) mass is 297 g/mol. The number of rotatable bonds is 5. The normalized spacial score (nSPS) is 21.3. The average Bonchev–Trinajstić information content (AvgIpc) is 2.44. The first-order chi connectivity index (χ1) is 9.22. The highest BCUT2D eigenvalue weighted by atomic mass is 35.5. The Morgan fingerprint density at radius 1 is 1.42 bits per heavy atom. The van der Waals surface area contributed by atoms with E-state index in [0.29, 0.717) is 11.3 Å². The second-order valence-electron chi connectivity index (χ2n) is 5.35. The van der Waals surface area contributed by atoms with Crippen LogP contribution in [-0.2, 0) is 0 Å². The minimum absolute atomic E-state index is 0.448. The van der Waals surface area contributed by atoms with Gasteiger partial charge in [0.05, 0.1) is 0 Å². The van der Waals surface area contributed by atoms with Crippen LogP contribution in [0.5, 0.6) is 0 Å². The van der Waals surface area contributed by atoms with Crippen LogP contribution < -0.4 is 5.32 Å². The molecule has 0 aromatic heterocycles. The Kier molecular flexibility index (Phi) is 6.06. The van der Waals surface area contributed by atoms with E-state index in [1.165, 1.54) is 37.0 Å². The van der Waals surface area contributed by atoms with Gasteiger partial charge in [-0.3, -0.25) is 0 Å². The zero-order valence-electron chi connectivity index (χ0n) is 11.9. The lowest BCUT2D eigenvalue weighted by Crippen LogP contribution is -2.32. The molecule has 1 N–H and O–H groups in total. The highest BCUT2D eigenvalue weighted by Crippen LogP contribution is 2.35. The smallest absolute Gasteiger partial charge is 0.0441 e. The lowest BCUT2D eigenvalue weighted by Gasteiger charge is -2.31. The second kappa shape index (κ2) is 7.56. The Balaban J connectivity index is 2.17. The molecule has 0 bridgehead atoms. The predicted octanol–water partition coefficient (Wildman–Crippen LogP) is 4.97. The van der Waals surface area contributed by atoms with E-state index in [1.807, 2.05) is 0 Å². The summed E-state index contributed by atoms with van der Waals surface area (Å²) in [5.74, 6) is 1.30. The van der Waals surface area contributed by atoms with Crippen molar-refractivity contribution in [3.63, 3.8) is 0 Å².